The standard InChI is InChI=1S/C16H16ClP/c17-18-15(13-7-3-1-4-8-13)11-12-16(18)14-9-5-2-6-10-14/h1-10,15-16H,11-12H2/t15-,16-/m1/s1. The molecule has 1 aliphatic rings. The van der Waals surface area contributed by atoms with Gasteiger partial charge in [-0.3, -0.25) is 0 Å². The molecular formula is C16H16ClP. The van der Waals surface area contributed by atoms with Crippen LogP contribution in [-0.2, 0) is 0 Å². The largest absolute Gasteiger partial charge is 0.0951 e. The summed E-state index contributed by atoms with van der Waals surface area (Å²) in [5, 5.41) is 0. The first-order valence-electron chi connectivity index (χ1n) is 6.40. The fourth-order valence-electron chi connectivity index (χ4n) is 2.75. The Morgan fingerprint density at radius 3 is 1.50 bits per heavy atom. The molecule has 2 aromatic rings. The third kappa shape index (κ3) is 2.32. The monoisotopic (exact) mass is 274 g/mol. The van der Waals surface area contributed by atoms with Gasteiger partial charge < -0.3 is 0 Å². The molecule has 2 heteroatoms. The van der Waals surface area contributed by atoms with Gasteiger partial charge in [0.25, 0.3) is 0 Å². The first-order valence-corrected chi connectivity index (χ1v) is 8.79. The molecule has 0 aromatic heterocycles. The number of rotatable bonds is 2. The summed E-state index contributed by atoms with van der Waals surface area (Å²) < 4.78 is 0. The first kappa shape index (κ1) is 12.2. The zero-order valence-electron chi connectivity index (χ0n) is 10.2. The summed E-state index contributed by atoms with van der Waals surface area (Å²) in [5.41, 5.74) is 3.95. The number of hydrogen-bond donors (Lipinski definition) is 0. The third-order valence-electron chi connectivity index (χ3n) is 3.68. The van der Waals surface area contributed by atoms with Gasteiger partial charge in [0.05, 0.1) is 0 Å². The lowest BCUT2D eigenvalue weighted by Gasteiger charge is -2.19. The lowest BCUT2D eigenvalue weighted by atomic mass is 10.0. The molecule has 2 aromatic carbocycles. The Kier molecular flexibility index (Phi) is 3.68. The molecule has 0 radical (unpaired) electrons. The Bertz CT molecular complexity index is 450. The minimum Gasteiger partial charge on any atom is -0.0951 e. The van der Waals surface area contributed by atoms with E-state index in [-0.39, 0.29) is 0 Å². The molecule has 2 atom stereocenters. The van der Waals surface area contributed by atoms with E-state index in [4.69, 9.17) is 11.2 Å². The van der Waals surface area contributed by atoms with E-state index in [1.165, 1.54) is 24.0 Å². The van der Waals surface area contributed by atoms with Crippen LogP contribution >= 0.6 is 18.5 Å². The number of hydrogen-bond acceptors (Lipinski definition) is 0. The molecule has 0 aliphatic carbocycles. The van der Waals surface area contributed by atoms with Crippen LogP contribution in [0.25, 0.3) is 0 Å². The maximum absolute atomic E-state index is 6.78. The van der Waals surface area contributed by atoms with E-state index in [0.29, 0.717) is 11.3 Å². The lowest BCUT2D eigenvalue weighted by Crippen LogP contribution is -1.89. The van der Waals surface area contributed by atoms with Gasteiger partial charge in [0, 0.05) is 18.6 Å². The highest BCUT2D eigenvalue weighted by molar-refractivity contribution is 7.84. The molecule has 3 rings (SSSR count). The maximum Gasteiger partial charge on any atom is 0.0186 e. The van der Waals surface area contributed by atoms with E-state index >= 15 is 0 Å². The van der Waals surface area contributed by atoms with Crippen LogP contribution < -0.4 is 0 Å². The average Bonchev–Trinajstić information content (AvgIpc) is 2.83. The molecule has 0 saturated carbocycles. The van der Waals surface area contributed by atoms with Gasteiger partial charge >= 0.3 is 0 Å². The SMILES string of the molecule is ClP1[C@@H](c2ccccc2)CC[C@@H]1c1ccccc1. The van der Waals surface area contributed by atoms with Crippen molar-refractivity contribution in [3.8, 4) is 0 Å². The number of benzene rings is 2. The molecule has 18 heavy (non-hydrogen) atoms. The molecule has 1 heterocycles. The molecule has 0 unspecified atom stereocenters. The molecule has 0 spiro atoms. The van der Waals surface area contributed by atoms with Gasteiger partial charge in [-0.1, -0.05) is 71.9 Å². The average molecular weight is 275 g/mol. The molecule has 1 fully saturated rings. The van der Waals surface area contributed by atoms with Crippen LogP contribution in [0.5, 0.6) is 0 Å². The third-order valence-corrected chi connectivity index (χ3v) is 7.40. The molecule has 0 nitrogen and oxygen atoms in total. The Labute approximate surface area is 115 Å². The topological polar surface area (TPSA) is 0 Å². The van der Waals surface area contributed by atoms with Gasteiger partial charge in [-0.15, -0.1) is 0 Å². The summed E-state index contributed by atoms with van der Waals surface area (Å²) >= 11 is 6.78. The van der Waals surface area contributed by atoms with E-state index < -0.39 is 7.27 Å². The second kappa shape index (κ2) is 5.43. The minimum atomic E-state index is -0.472. The molecule has 0 bridgehead atoms. The van der Waals surface area contributed by atoms with Crippen LogP contribution in [0, 0.1) is 0 Å². The van der Waals surface area contributed by atoms with Crippen molar-refractivity contribution in [1.82, 2.24) is 0 Å². The van der Waals surface area contributed by atoms with Crippen molar-refractivity contribution < 1.29 is 0 Å². The van der Waals surface area contributed by atoms with Crippen molar-refractivity contribution in [2.75, 3.05) is 0 Å². The Morgan fingerprint density at radius 1 is 0.722 bits per heavy atom. The van der Waals surface area contributed by atoms with E-state index in [9.17, 15) is 0 Å². The van der Waals surface area contributed by atoms with Crippen molar-refractivity contribution in [3.05, 3.63) is 71.8 Å². The van der Waals surface area contributed by atoms with Crippen LogP contribution in [0.1, 0.15) is 35.3 Å². The Balaban J connectivity index is 1.83. The van der Waals surface area contributed by atoms with Gasteiger partial charge in [0.15, 0.2) is 0 Å². The summed E-state index contributed by atoms with van der Waals surface area (Å²) in [6, 6.07) is 21.5. The zero-order valence-corrected chi connectivity index (χ0v) is 11.8. The lowest BCUT2D eigenvalue weighted by molar-refractivity contribution is 0.765. The summed E-state index contributed by atoms with van der Waals surface area (Å²) in [5.74, 6) is 0. The molecule has 1 saturated heterocycles. The van der Waals surface area contributed by atoms with E-state index in [1.54, 1.807) is 0 Å². The first-order chi connectivity index (χ1) is 8.86. The highest BCUT2D eigenvalue weighted by Crippen LogP contribution is 2.73. The summed E-state index contributed by atoms with van der Waals surface area (Å²) in [7, 11) is -0.472. The van der Waals surface area contributed by atoms with Crippen molar-refractivity contribution in [3.63, 3.8) is 0 Å². The molecular weight excluding hydrogens is 259 g/mol. The van der Waals surface area contributed by atoms with Gasteiger partial charge in [-0.25, -0.2) is 0 Å². The number of halogens is 1. The smallest absolute Gasteiger partial charge is 0.0186 e. The predicted molar refractivity (Wildman–Crippen MR) is 80.4 cm³/mol. The second-order valence-electron chi connectivity index (χ2n) is 4.77. The van der Waals surface area contributed by atoms with Crippen LogP contribution in [0.2, 0.25) is 0 Å². The minimum absolute atomic E-state index is 0.472. The van der Waals surface area contributed by atoms with E-state index in [1.807, 2.05) is 0 Å². The fourth-order valence-corrected chi connectivity index (χ4v) is 6.15. The van der Waals surface area contributed by atoms with Crippen LogP contribution in [0.3, 0.4) is 0 Å². The van der Waals surface area contributed by atoms with Gasteiger partial charge in [0.2, 0.25) is 0 Å². The van der Waals surface area contributed by atoms with Gasteiger partial charge in [-0.05, 0) is 24.0 Å². The van der Waals surface area contributed by atoms with Crippen molar-refractivity contribution >= 4 is 18.5 Å². The normalized spacial score (nSPS) is 24.3. The van der Waals surface area contributed by atoms with Crippen molar-refractivity contribution in [2.24, 2.45) is 0 Å². The van der Waals surface area contributed by atoms with Crippen LogP contribution in [0.4, 0.5) is 0 Å². The maximum atomic E-state index is 6.78. The quantitative estimate of drug-likeness (QED) is 0.598. The molecule has 0 amide bonds. The van der Waals surface area contributed by atoms with E-state index in [0.717, 1.165) is 0 Å². The Morgan fingerprint density at radius 2 is 1.11 bits per heavy atom. The fraction of sp³-hybridized carbons (Fsp3) is 0.250. The summed E-state index contributed by atoms with van der Waals surface area (Å²) in [6.07, 6.45) is 2.44. The van der Waals surface area contributed by atoms with Crippen LogP contribution in [-0.4, -0.2) is 0 Å². The predicted octanol–water partition coefficient (Wildman–Crippen LogP) is 5.90. The summed E-state index contributed by atoms with van der Waals surface area (Å²) in [4.78, 5) is 0. The molecule has 1 aliphatic heterocycles. The summed E-state index contributed by atoms with van der Waals surface area (Å²) in [6.45, 7) is 0. The van der Waals surface area contributed by atoms with Crippen LogP contribution in [0.15, 0.2) is 60.7 Å². The molecule has 0 N–H and O–H groups in total. The van der Waals surface area contributed by atoms with Crippen molar-refractivity contribution in [1.29, 1.82) is 0 Å². The van der Waals surface area contributed by atoms with E-state index in [2.05, 4.69) is 60.7 Å². The highest BCUT2D eigenvalue weighted by atomic mass is 35.7. The Hall–Kier alpha value is -0.840. The van der Waals surface area contributed by atoms with Gasteiger partial charge in [0.1, 0.15) is 0 Å². The van der Waals surface area contributed by atoms with Crippen molar-refractivity contribution in [2.45, 2.75) is 24.2 Å². The van der Waals surface area contributed by atoms with Gasteiger partial charge in [-0.2, -0.15) is 0 Å². The molecule has 92 valence electrons. The highest BCUT2D eigenvalue weighted by Gasteiger charge is 2.36. The zero-order chi connectivity index (χ0) is 12.4. The second-order valence-corrected chi connectivity index (χ2v) is 7.88.